The van der Waals surface area contributed by atoms with Crippen molar-refractivity contribution in [1.82, 2.24) is 19.4 Å². The van der Waals surface area contributed by atoms with Crippen LogP contribution in [0.4, 0.5) is 0 Å². The fourth-order valence-corrected chi connectivity index (χ4v) is 5.55. The van der Waals surface area contributed by atoms with Gasteiger partial charge in [-0.1, -0.05) is 0 Å². The Morgan fingerprint density at radius 3 is 2.54 bits per heavy atom. The topological polar surface area (TPSA) is 166 Å². The molecular weight excluding hydrogens is 458 g/mol. The number of carbonyl (C=O) groups is 4. The second-order valence-corrected chi connectivity index (χ2v) is 10.1. The van der Waals surface area contributed by atoms with Crippen molar-refractivity contribution in [2.75, 3.05) is 27.7 Å². The first kappa shape index (κ1) is 23.0. The fourth-order valence-electron chi connectivity index (χ4n) is 5.55. The van der Waals surface area contributed by atoms with Crippen LogP contribution >= 0.6 is 0 Å². The number of hydrogen-bond acceptors (Lipinski definition) is 7. The Morgan fingerprint density at radius 1 is 1.20 bits per heavy atom. The molecule has 5 rings (SSSR count). The third kappa shape index (κ3) is 3.32. The van der Waals surface area contributed by atoms with Crippen molar-refractivity contribution in [2.45, 2.75) is 37.1 Å². The molecule has 0 spiro atoms. The molecule has 0 unspecified atom stereocenters. The van der Waals surface area contributed by atoms with E-state index in [1.54, 1.807) is 36.8 Å². The van der Waals surface area contributed by atoms with E-state index in [1.165, 1.54) is 12.5 Å². The van der Waals surface area contributed by atoms with Crippen molar-refractivity contribution in [3.05, 3.63) is 46.8 Å². The molecule has 2 aromatic rings. The lowest BCUT2D eigenvalue weighted by Gasteiger charge is -2.44. The molecule has 0 bridgehead atoms. The summed E-state index contributed by atoms with van der Waals surface area (Å²) in [4.78, 5) is 58.8. The first-order valence-electron chi connectivity index (χ1n) is 11.2. The zero-order chi connectivity index (χ0) is 25.4. The van der Waals surface area contributed by atoms with Crippen LogP contribution in [0, 0.1) is 0 Å². The van der Waals surface area contributed by atoms with Crippen molar-refractivity contribution in [1.29, 1.82) is 0 Å². The van der Waals surface area contributed by atoms with Gasteiger partial charge in [0.15, 0.2) is 6.10 Å². The minimum absolute atomic E-state index is 0.0420. The number of imidazole rings is 1. The van der Waals surface area contributed by atoms with Crippen LogP contribution in [-0.2, 0) is 20.8 Å². The summed E-state index contributed by atoms with van der Waals surface area (Å²) < 4.78 is 1.55. The number of nitrogens with one attached hydrogen (secondary N) is 1. The van der Waals surface area contributed by atoms with Crippen LogP contribution < -0.4 is 0 Å². The van der Waals surface area contributed by atoms with Crippen molar-refractivity contribution in [3.8, 4) is 0 Å². The summed E-state index contributed by atoms with van der Waals surface area (Å²) in [6.07, 6.45) is 3.62. The molecule has 2 aliphatic heterocycles. The number of aliphatic hydroxyl groups excluding tert-OH is 1. The number of ketones is 2. The molecule has 0 fully saturated rings. The van der Waals surface area contributed by atoms with E-state index < -0.39 is 47.7 Å². The van der Waals surface area contributed by atoms with Gasteiger partial charge in [0.1, 0.15) is 11.7 Å². The predicted octanol–water partition coefficient (Wildman–Crippen LogP) is -0.163. The van der Waals surface area contributed by atoms with Crippen LogP contribution in [0.2, 0.25) is 0 Å². The summed E-state index contributed by atoms with van der Waals surface area (Å²) in [6.45, 7) is 0.332. The van der Waals surface area contributed by atoms with Gasteiger partial charge in [0.25, 0.3) is 0 Å². The number of carbonyl (C=O) groups excluding carboxylic acids is 2. The molecule has 4 atom stereocenters. The Bertz CT molecular complexity index is 1310. The Morgan fingerprint density at radius 2 is 1.91 bits per heavy atom. The number of likely N-dealkylation sites (N-methyl/N-ethyl adjacent to an activating group) is 1. The highest BCUT2D eigenvalue weighted by atomic mass is 16.4. The molecule has 4 heterocycles. The zero-order valence-corrected chi connectivity index (χ0v) is 19.4. The minimum Gasteiger partial charge on any atom is -0.480 e. The monoisotopic (exact) mass is 484 g/mol. The molecular formula is C23H26N5O7+. The van der Waals surface area contributed by atoms with Gasteiger partial charge in [0.05, 0.1) is 50.5 Å². The lowest BCUT2D eigenvalue weighted by molar-refractivity contribution is -0.891. The van der Waals surface area contributed by atoms with E-state index in [2.05, 4.69) is 9.97 Å². The number of aromatic amines is 1. The van der Waals surface area contributed by atoms with Gasteiger partial charge in [-0.15, -0.1) is 0 Å². The standard InChI is InChI=1S/C23H25N5O7/c1-28(2,3)18(23(34)35)19(29)11-8-26(9-25-11)12-4-5-27-13(22(32)33)6-10-7-24-16-14(10)17(27)15(12)20(30)21(16)31/h7-9,12-13,18-19,29H,4-6H2,1-3H3,(H2-,24,30,31,32,33,34,35)/p+1/t12-,13+,18+,19-/m1/s1. The summed E-state index contributed by atoms with van der Waals surface area (Å²) >= 11 is 0. The number of aliphatic hydroxyl groups is 1. The van der Waals surface area contributed by atoms with E-state index in [9.17, 15) is 34.5 Å². The molecule has 0 amide bonds. The maximum atomic E-state index is 13.3. The highest BCUT2D eigenvalue weighted by molar-refractivity contribution is 6.52. The molecule has 35 heavy (non-hydrogen) atoms. The largest absolute Gasteiger partial charge is 0.480 e. The summed E-state index contributed by atoms with van der Waals surface area (Å²) in [5.74, 6) is -3.59. The Labute approximate surface area is 199 Å². The van der Waals surface area contributed by atoms with Gasteiger partial charge >= 0.3 is 11.9 Å². The van der Waals surface area contributed by atoms with Gasteiger partial charge in [-0.2, -0.15) is 0 Å². The summed E-state index contributed by atoms with van der Waals surface area (Å²) in [7, 11) is 4.96. The number of quaternary nitrogens is 1. The van der Waals surface area contributed by atoms with Crippen LogP contribution in [0.3, 0.4) is 0 Å². The maximum absolute atomic E-state index is 13.3. The Balaban J connectivity index is 1.60. The van der Waals surface area contributed by atoms with Crippen molar-refractivity contribution < 1.29 is 39.0 Å². The second-order valence-electron chi connectivity index (χ2n) is 10.1. The summed E-state index contributed by atoms with van der Waals surface area (Å²) in [5, 5.41) is 30.3. The van der Waals surface area contributed by atoms with E-state index in [-0.39, 0.29) is 27.9 Å². The smallest absolute Gasteiger partial charge is 0.365 e. The van der Waals surface area contributed by atoms with Gasteiger partial charge in [0.2, 0.25) is 17.6 Å². The van der Waals surface area contributed by atoms with Gasteiger partial charge in [-0.25, -0.2) is 14.6 Å². The lowest BCUT2D eigenvalue weighted by Crippen LogP contribution is -2.53. The molecule has 4 N–H and O–H groups in total. The van der Waals surface area contributed by atoms with Gasteiger partial charge < -0.3 is 34.3 Å². The van der Waals surface area contributed by atoms with E-state index >= 15 is 0 Å². The number of hydrogen-bond donors (Lipinski definition) is 4. The molecule has 3 aliphatic rings. The molecule has 0 saturated carbocycles. The molecule has 1 aliphatic carbocycles. The molecule has 2 aromatic heterocycles. The lowest BCUT2D eigenvalue weighted by atomic mass is 9.78. The Hall–Kier alpha value is -3.77. The molecule has 184 valence electrons. The summed E-state index contributed by atoms with van der Waals surface area (Å²) in [5.41, 5.74) is 2.19. The molecule has 0 aromatic carbocycles. The highest BCUT2D eigenvalue weighted by Gasteiger charge is 2.49. The minimum atomic E-state index is -1.41. The number of aliphatic carboxylic acids is 2. The van der Waals surface area contributed by atoms with Crippen molar-refractivity contribution in [3.63, 3.8) is 0 Å². The normalized spacial score (nSPS) is 23.3. The Kier molecular flexibility index (Phi) is 5.00. The van der Waals surface area contributed by atoms with Crippen LogP contribution in [0.1, 0.15) is 45.9 Å². The van der Waals surface area contributed by atoms with E-state index in [0.29, 0.717) is 29.8 Å². The number of Topliss-reactive ketones (excluding diaryl/α,β-unsaturated/α-hetero) is 2. The number of carboxylic acid groups (broad SMARTS) is 2. The van der Waals surface area contributed by atoms with Gasteiger partial charge in [-0.3, -0.25) is 9.59 Å². The van der Waals surface area contributed by atoms with Gasteiger partial charge in [-0.05, 0) is 12.0 Å². The van der Waals surface area contributed by atoms with Crippen molar-refractivity contribution >= 4 is 29.2 Å². The SMILES string of the molecule is C[N+](C)(C)[C@H](C(=O)O)[C@H](O)c1cn([C@@H]2CCN3C4=C2C(=O)C(=O)c2[nH]cc(c24)C[C@H]3C(=O)O)cn1. The third-order valence-corrected chi connectivity index (χ3v) is 7.14. The predicted molar refractivity (Wildman–Crippen MR) is 119 cm³/mol. The average molecular weight is 484 g/mol. The quantitative estimate of drug-likeness (QED) is 0.322. The maximum Gasteiger partial charge on any atom is 0.365 e. The van der Waals surface area contributed by atoms with Crippen LogP contribution in [0.25, 0.3) is 5.70 Å². The highest BCUT2D eigenvalue weighted by Crippen LogP contribution is 2.47. The van der Waals surface area contributed by atoms with E-state index in [0.717, 1.165) is 0 Å². The number of allylic oxidation sites excluding steroid dienone is 1. The fraction of sp³-hybridized carbons (Fsp3) is 0.435. The van der Waals surface area contributed by atoms with Crippen LogP contribution in [0.5, 0.6) is 0 Å². The number of H-pyrrole nitrogens is 1. The number of aromatic nitrogens is 3. The summed E-state index contributed by atoms with van der Waals surface area (Å²) in [6, 6.07) is -2.67. The second kappa shape index (κ2) is 7.62. The van der Waals surface area contributed by atoms with E-state index in [4.69, 9.17) is 0 Å². The number of rotatable bonds is 6. The van der Waals surface area contributed by atoms with Crippen LogP contribution in [-0.4, -0.2) is 103 Å². The van der Waals surface area contributed by atoms with E-state index in [1.807, 2.05) is 0 Å². The molecule has 12 nitrogen and oxygen atoms in total. The third-order valence-electron chi connectivity index (χ3n) is 7.14. The van der Waals surface area contributed by atoms with Gasteiger partial charge in [0, 0.05) is 30.9 Å². The first-order chi connectivity index (χ1) is 16.4. The molecule has 0 saturated heterocycles. The van der Waals surface area contributed by atoms with Crippen molar-refractivity contribution in [2.24, 2.45) is 0 Å². The molecule has 12 heteroatoms. The number of nitrogens with zero attached hydrogens (tertiary/aromatic N) is 4. The first-order valence-corrected chi connectivity index (χ1v) is 11.2. The molecule has 0 radical (unpaired) electrons. The van der Waals surface area contributed by atoms with Crippen LogP contribution in [0.15, 0.2) is 24.3 Å². The number of carboxylic acids is 2. The average Bonchev–Trinajstić information content (AvgIpc) is 3.42. The zero-order valence-electron chi connectivity index (χ0n) is 19.4.